The van der Waals surface area contributed by atoms with Gasteiger partial charge in [-0.1, -0.05) is 37.3 Å². The van der Waals surface area contributed by atoms with Crippen LogP contribution in [-0.4, -0.2) is 20.1 Å². The van der Waals surface area contributed by atoms with Gasteiger partial charge >= 0.3 is 0 Å². The molecule has 0 bridgehead atoms. The number of anilines is 1. The van der Waals surface area contributed by atoms with Crippen LogP contribution in [0.5, 0.6) is 11.5 Å². The number of hydrogen-bond donors (Lipinski definition) is 1. The van der Waals surface area contributed by atoms with E-state index in [1.807, 2.05) is 37.3 Å². The molecule has 22 heavy (non-hydrogen) atoms. The van der Waals surface area contributed by atoms with E-state index in [1.165, 1.54) is 0 Å². The van der Waals surface area contributed by atoms with E-state index in [1.54, 1.807) is 32.4 Å². The first kappa shape index (κ1) is 15.9. The monoisotopic (exact) mass is 299 g/mol. The summed E-state index contributed by atoms with van der Waals surface area (Å²) in [4.78, 5) is 12.3. The lowest BCUT2D eigenvalue weighted by atomic mass is 9.97. The van der Waals surface area contributed by atoms with Crippen molar-refractivity contribution in [3.05, 3.63) is 54.1 Å². The average Bonchev–Trinajstić information content (AvgIpc) is 2.55. The van der Waals surface area contributed by atoms with Crippen molar-refractivity contribution in [1.29, 1.82) is 0 Å². The molecule has 0 heterocycles. The van der Waals surface area contributed by atoms with Crippen molar-refractivity contribution < 1.29 is 14.3 Å². The van der Waals surface area contributed by atoms with Crippen molar-refractivity contribution in [1.82, 2.24) is 0 Å². The quantitative estimate of drug-likeness (QED) is 0.881. The fourth-order valence-electron chi connectivity index (χ4n) is 2.29. The first-order chi connectivity index (χ1) is 10.6. The molecule has 1 amide bonds. The van der Waals surface area contributed by atoms with Crippen LogP contribution in [0.1, 0.15) is 24.8 Å². The molecular formula is C18H21NO3. The number of methoxy groups -OCH3 is 2. The van der Waals surface area contributed by atoms with Crippen molar-refractivity contribution in [2.24, 2.45) is 0 Å². The number of benzene rings is 2. The van der Waals surface area contributed by atoms with Gasteiger partial charge < -0.3 is 14.8 Å². The third-order valence-corrected chi connectivity index (χ3v) is 3.54. The molecule has 0 radical (unpaired) electrons. The Bertz CT molecular complexity index is 625. The van der Waals surface area contributed by atoms with Gasteiger partial charge in [0, 0.05) is 12.5 Å². The van der Waals surface area contributed by atoms with Gasteiger partial charge in [0.15, 0.2) is 0 Å². The molecule has 0 spiro atoms. The summed E-state index contributed by atoms with van der Waals surface area (Å²) in [7, 11) is 3.16. The summed E-state index contributed by atoms with van der Waals surface area (Å²) >= 11 is 0. The van der Waals surface area contributed by atoms with Crippen molar-refractivity contribution in [3.8, 4) is 11.5 Å². The van der Waals surface area contributed by atoms with Crippen LogP contribution in [0.2, 0.25) is 0 Å². The van der Waals surface area contributed by atoms with Crippen LogP contribution < -0.4 is 14.8 Å². The molecule has 4 heteroatoms. The van der Waals surface area contributed by atoms with Crippen LogP contribution in [0, 0.1) is 0 Å². The molecule has 1 N–H and O–H groups in total. The summed E-state index contributed by atoms with van der Waals surface area (Å²) in [6.07, 6.45) is 0.407. The second-order valence-electron chi connectivity index (χ2n) is 5.13. The number of carbonyl (C=O) groups excluding carboxylic acids is 1. The highest BCUT2D eigenvalue weighted by Gasteiger charge is 2.13. The van der Waals surface area contributed by atoms with Crippen LogP contribution in [0.4, 0.5) is 5.69 Å². The summed E-state index contributed by atoms with van der Waals surface area (Å²) < 4.78 is 10.4. The van der Waals surface area contributed by atoms with Crippen LogP contribution >= 0.6 is 0 Å². The van der Waals surface area contributed by atoms with E-state index >= 15 is 0 Å². The molecule has 116 valence electrons. The molecule has 0 saturated carbocycles. The zero-order valence-electron chi connectivity index (χ0n) is 13.1. The lowest BCUT2D eigenvalue weighted by Crippen LogP contribution is -2.15. The predicted octanol–water partition coefficient (Wildman–Crippen LogP) is 3.84. The van der Waals surface area contributed by atoms with Crippen LogP contribution in [0.3, 0.4) is 0 Å². The van der Waals surface area contributed by atoms with Crippen molar-refractivity contribution in [2.75, 3.05) is 19.5 Å². The Balaban J connectivity index is 2.05. The van der Waals surface area contributed by atoms with E-state index in [2.05, 4.69) is 5.32 Å². The number of carbonyl (C=O) groups is 1. The first-order valence-electron chi connectivity index (χ1n) is 7.21. The molecule has 2 aromatic carbocycles. The topological polar surface area (TPSA) is 47.6 Å². The predicted molar refractivity (Wildman–Crippen MR) is 87.6 cm³/mol. The van der Waals surface area contributed by atoms with E-state index in [0.717, 1.165) is 5.56 Å². The van der Waals surface area contributed by atoms with Crippen LogP contribution in [0.25, 0.3) is 0 Å². The second-order valence-corrected chi connectivity index (χ2v) is 5.13. The maximum Gasteiger partial charge on any atom is 0.225 e. The Labute approximate surface area is 131 Å². The SMILES string of the molecule is COc1ccc(OC)c(NC(=O)C[C@@H](C)c2ccccc2)c1. The smallest absolute Gasteiger partial charge is 0.225 e. The van der Waals surface area contributed by atoms with E-state index in [-0.39, 0.29) is 11.8 Å². The molecule has 0 aromatic heterocycles. The Morgan fingerprint density at radius 2 is 1.82 bits per heavy atom. The molecule has 4 nitrogen and oxygen atoms in total. The van der Waals surface area contributed by atoms with Gasteiger partial charge in [-0.3, -0.25) is 4.79 Å². The van der Waals surface area contributed by atoms with Crippen molar-refractivity contribution in [2.45, 2.75) is 19.3 Å². The van der Waals surface area contributed by atoms with Crippen LogP contribution in [0.15, 0.2) is 48.5 Å². The molecule has 0 fully saturated rings. The van der Waals surface area contributed by atoms with Gasteiger partial charge in [0.1, 0.15) is 11.5 Å². The molecular weight excluding hydrogens is 278 g/mol. The summed E-state index contributed by atoms with van der Waals surface area (Å²) in [6.45, 7) is 2.04. The minimum atomic E-state index is -0.0529. The summed E-state index contributed by atoms with van der Waals surface area (Å²) in [5.74, 6) is 1.38. The first-order valence-corrected chi connectivity index (χ1v) is 7.21. The van der Waals surface area contributed by atoms with E-state index in [4.69, 9.17) is 9.47 Å². The van der Waals surface area contributed by atoms with Crippen LogP contribution in [-0.2, 0) is 4.79 Å². The Morgan fingerprint density at radius 3 is 2.45 bits per heavy atom. The summed E-state index contributed by atoms with van der Waals surface area (Å²) in [6, 6.07) is 15.3. The number of hydrogen-bond acceptors (Lipinski definition) is 3. The summed E-state index contributed by atoms with van der Waals surface area (Å²) in [5, 5.41) is 2.89. The molecule has 0 unspecified atom stereocenters. The average molecular weight is 299 g/mol. The van der Waals surface area contributed by atoms with Gasteiger partial charge in [-0.15, -0.1) is 0 Å². The highest BCUT2D eigenvalue weighted by Crippen LogP contribution is 2.29. The number of nitrogens with one attached hydrogen (secondary N) is 1. The minimum absolute atomic E-state index is 0.0529. The van der Waals surface area contributed by atoms with Gasteiger partial charge in [0.05, 0.1) is 19.9 Å². The zero-order chi connectivity index (χ0) is 15.9. The molecule has 0 saturated heterocycles. The van der Waals surface area contributed by atoms with E-state index < -0.39 is 0 Å². The molecule has 0 aliphatic rings. The molecule has 2 rings (SSSR count). The third kappa shape index (κ3) is 4.01. The zero-order valence-corrected chi connectivity index (χ0v) is 13.1. The summed E-state index contributed by atoms with van der Waals surface area (Å²) in [5.41, 5.74) is 1.77. The minimum Gasteiger partial charge on any atom is -0.497 e. The lowest BCUT2D eigenvalue weighted by Gasteiger charge is -2.14. The molecule has 0 aliphatic carbocycles. The lowest BCUT2D eigenvalue weighted by molar-refractivity contribution is -0.116. The Morgan fingerprint density at radius 1 is 1.09 bits per heavy atom. The third-order valence-electron chi connectivity index (χ3n) is 3.54. The van der Waals surface area contributed by atoms with E-state index in [0.29, 0.717) is 23.6 Å². The molecule has 0 aliphatic heterocycles. The largest absolute Gasteiger partial charge is 0.497 e. The number of rotatable bonds is 6. The van der Waals surface area contributed by atoms with Crippen molar-refractivity contribution in [3.63, 3.8) is 0 Å². The normalized spacial score (nSPS) is 11.6. The maximum atomic E-state index is 12.3. The molecule has 1 atom stereocenters. The van der Waals surface area contributed by atoms with Gasteiger partial charge in [0.2, 0.25) is 5.91 Å². The maximum absolute atomic E-state index is 12.3. The number of amides is 1. The van der Waals surface area contributed by atoms with Gasteiger partial charge in [-0.05, 0) is 23.6 Å². The standard InChI is InChI=1S/C18H21NO3/c1-13(14-7-5-4-6-8-14)11-18(20)19-16-12-15(21-2)9-10-17(16)22-3/h4-10,12-13H,11H2,1-3H3,(H,19,20)/t13-/m1/s1. The van der Waals surface area contributed by atoms with Gasteiger partial charge in [0.25, 0.3) is 0 Å². The van der Waals surface area contributed by atoms with Gasteiger partial charge in [-0.25, -0.2) is 0 Å². The van der Waals surface area contributed by atoms with E-state index in [9.17, 15) is 4.79 Å². The highest BCUT2D eigenvalue weighted by molar-refractivity contribution is 5.93. The Kier molecular flexibility index (Phi) is 5.42. The molecule has 2 aromatic rings. The van der Waals surface area contributed by atoms with Crippen molar-refractivity contribution >= 4 is 11.6 Å². The fraction of sp³-hybridized carbons (Fsp3) is 0.278. The number of ether oxygens (including phenoxy) is 2. The highest BCUT2D eigenvalue weighted by atomic mass is 16.5. The Hall–Kier alpha value is -2.49. The fourth-order valence-corrected chi connectivity index (χ4v) is 2.29. The second kappa shape index (κ2) is 7.50. The van der Waals surface area contributed by atoms with Gasteiger partial charge in [-0.2, -0.15) is 0 Å².